The van der Waals surface area contributed by atoms with Gasteiger partial charge in [0.2, 0.25) is 0 Å². The smallest absolute Gasteiger partial charge is 0.0110 e. The number of nitrogens with two attached hydrogens (primary N) is 1. The minimum absolute atomic E-state index is 0.855. The van der Waals surface area contributed by atoms with Crippen LogP contribution < -0.4 is 5.73 Å². The normalized spacial score (nSPS) is 20.2. The van der Waals surface area contributed by atoms with E-state index in [0.717, 1.165) is 12.5 Å². The van der Waals surface area contributed by atoms with Gasteiger partial charge in [0.25, 0.3) is 0 Å². The van der Waals surface area contributed by atoms with Gasteiger partial charge in [-0.2, -0.15) is 0 Å². The Morgan fingerprint density at radius 1 is 0.944 bits per heavy atom. The van der Waals surface area contributed by atoms with Crippen molar-refractivity contribution in [2.24, 2.45) is 11.7 Å². The fraction of sp³-hybridized carbons (Fsp3) is 1.00. The average Bonchev–Trinajstić information content (AvgIpc) is 2.40. The minimum Gasteiger partial charge on any atom is -0.330 e. The van der Waals surface area contributed by atoms with Crippen LogP contribution in [-0.2, 0) is 0 Å². The van der Waals surface area contributed by atoms with Crippen LogP contribution in [0.2, 0.25) is 0 Å². The predicted octanol–water partition coefficient (Wildman–Crippen LogP) is 2.17. The summed E-state index contributed by atoms with van der Waals surface area (Å²) in [5.41, 5.74) is 5.65. The van der Waals surface area contributed by atoms with Gasteiger partial charge in [0, 0.05) is 26.2 Å². The van der Waals surface area contributed by atoms with Crippen LogP contribution in [0.25, 0.3) is 0 Å². The van der Waals surface area contributed by atoms with Crippen molar-refractivity contribution in [2.45, 2.75) is 46.0 Å². The van der Waals surface area contributed by atoms with E-state index in [9.17, 15) is 0 Å². The molecule has 0 aromatic heterocycles. The number of hydrogen-bond acceptors (Lipinski definition) is 3. The maximum absolute atomic E-state index is 5.65. The second kappa shape index (κ2) is 9.76. The van der Waals surface area contributed by atoms with Crippen molar-refractivity contribution in [3.63, 3.8) is 0 Å². The lowest BCUT2D eigenvalue weighted by atomic mass is 9.96. The highest BCUT2D eigenvalue weighted by molar-refractivity contribution is 4.72. The Labute approximate surface area is 114 Å². The van der Waals surface area contributed by atoms with E-state index >= 15 is 0 Å². The second-order valence-corrected chi connectivity index (χ2v) is 5.68. The van der Waals surface area contributed by atoms with Gasteiger partial charge in [-0.1, -0.05) is 20.3 Å². The highest BCUT2D eigenvalue weighted by Crippen LogP contribution is 2.15. The summed E-state index contributed by atoms with van der Waals surface area (Å²) in [4.78, 5) is 5.24. The van der Waals surface area contributed by atoms with E-state index in [1.807, 2.05) is 0 Å². The molecule has 3 nitrogen and oxygen atoms in total. The number of hydrogen-bond donors (Lipinski definition) is 1. The van der Waals surface area contributed by atoms with E-state index in [4.69, 9.17) is 5.73 Å². The van der Waals surface area contributed by atoms with Crippen molar-refractivity contribution in [1.29, 1.82) is 0 Å². The molecule has 1 aliphatic heterocycles. The Morgan fingerprint density at radius 2 is 1.56 bits per heavy atom. The predicted molar refractivity (Wildman–Crippen MR) is 79.9 cm³/mol. The van der Waals surface area contributed by atoms with Crippen LogP contribution in [0.15, 0.2) is 0 Å². The second-order valence-electron chi connectivity index (χ2n) is 5.68. The fourth-order valence-corrected chi connectivity index (χ4v) is 2.94. The maximum Gasteiger partial charge on any atom is 0.0110 e. The molecule has 108 valence electrons. The van der Waals surface area contributed by atoms with Gasteiger partial charge < -0.3 is 15.5 Å². The highest BCUT2D eigenvalue weighted by Gasteiger charge is 2.15. The Balaban J connectivity index is 2.06. The van der Waals surface area contributed by atoms with Crippen LogP contribution in [0.5, 0.6) is 0 Å². The Hall–Kier alpha value is -0.120. The molecule has 1 aliphatic rings. The van der Waals surface area contributed by atoms with Crippen LogP contribution in [0.4, 0.5) is 0 Å². The standard InChI is InChI=1S/C15H33N3/c1-3-9-17-11-13-18(14-12-17)10-5-6-15(4-2)7-8-16/h15H,3-14,16H2,1-2H3. The first kappa shape index (κ1) is 15.9. The van der Waals surface area contributed by atoms with Crippen molar-refractivity contribution >= 4 is 0 Å². The zero-order valence-electron chi connectivity index (χ0n) is 12.5. The molecule has 0 amide bonds. The van der Waals surface area contributed by atoms with Crippen molar-refractivity contribution in [2.75, 3.05) is 45.8 Å². The molecule has 0 spiro atoms. The largest absolute Gasteiger partial charge is 0.330 e. The fourth-order valence-electron chi connectivity index (χ4n) is 2.94. The van der Waals surface area contributed by atoms with Crippen LogP contribution in [0.1, 0.15) is 46.0 Å². The lowest BCUT2D eigenvalue weighted by Crippen LogP contribution is -2.46. The summed E-state index contributed by atoms with van der Waals surface area (Å²) < 4.78 is 0. The van der Waals surface area contributed by atoms with E-state index in [1.54, 1.807) is 0 Å². The van der Waals surface area contributed by atoms with Gasteiger partial charge in [-0.3, -0.25) is 0 Å². The first-order chi connectivity index (χ1) is 8.80. The molecule has 0 saturated carbocycles. The summed E-state index contributed by atoms with van der Waals surface area (Å²) in [6.07, 6.45) is 6.51. The van der Waals surface area contributed by atoms with Crippen molar-refractivity contribution in [3.8, 4) is 0 Å². The maximum atomic E-state index is 5.65. The summed E-state index contributed by atoms with van der Waals surface area (Å²) in [5.74, 6) is 0.858. The Bertz CT molecular complexity index is 188. The molecular formula is C15H33N3. The van der Waals surface area contributed by atoms with Crippen molar-refractivity contribution in [3.05, 3.63) is 0 Å². The third-order valence-electron chi connectivity index (χ3n) is 4.24. The highest BCUT2D eigenvalue weighted by atomic mass is 15.3. The van der Waals surface area contributed by atoms with Gasteiger partial charge in [-0.15, -0.1) is 0 Å². The number of piperazine rings is 1. The van der Waals surface area contributed by atoms with Crippen LogP contribution in [-0.4, -0.2) is 55.6 Å². The molecule has 1 heterocycles. The van der Waals surface area contributed by atoms with Gasteiger partial charge in [-0.05, 0) is 51.2 Å². The van der Waals surface area contributed by atoms with E-state index in [1.165, 1.54) is 71.4 Å². The van der Waals surface area contributed by atoms with E-state index in [-0.39, 0.29) is 0 Å². The molecule has 1 saturated heterocycles. The Kier molecular flexibility index (Phi) is 8.64. The number of rotatable bonds is 9. The van der Waals surface area contributed by atoms with E-state index < -0.39 is 0 Å². The molecule has 0 radical (unpaired) electrons. The molecule has 18 heavy (non-hydrogen) atoms. The van der Waals surface area contributed by atoms with Crippen LogP contribution in [0.3, 0.4) is 0 Å². The van der Waals surface area contributed by atoms with Gasteiger partial charge >= 0.3 is 0 Å². The van der Waals surface area contributed by atoms with Gasteiger partial charge in [0.15, 0.2) is 0 Å². The molecule has 0 bridgehead atoms. The molecule has 1 fully saturated rings. The molecule has 1 atom stereocenters. The molecule has 1 unspecified atom stereocenters. The molecular weight excluding hydrogens is 222 g/mol. The van der Waals surface area contributed by atoms with Crippen molar-refractivity contribution < 1.29 is 0 Å². The van der Waals surface area contributed by atoms with E-state index in [2.05, 4.69) is 23.6 Å². The lowest BCUT2D eigenvalue weighted by Gasteiger charge is -2.34. The first-order valence-corrected chi connectivity index (χ1v) is 7.94. The lowest BCUT2D eigenvalue weighted by molar-refractivity contribution is 0.129. The van der Waals surface area contributed by atoms with Crippen LogP contribution >= 0.6 is 0 Å². The zero-order chi connectivity index (χ0) is 13.2. The first-order valence-electron chi connectivity index (χ1n) is 7.94. The third kappa shape index (κ3) is 6.17. The SMILES string of the molecule is CCCN1CCN(CCCC(CC)CCN)CC1. The summed E-state index contributed by atoms with van der Waals surface area (Å²) in [6, 6.07) is 0. The summed E-state index contributed by atoms with van der Waals surface area (Å²) in [7, 11) is 0. The number of nitrogens with zero attached hydrogens (tertiary/aromatic N) is 2. The zero-order valence-corrected chi connectivity index (χ0v) is 12.5. The summed E-state index contributed by atoms with van der Waals surface area (Å²) >= 11 is 0. The van der Waals surface area contributed by atoms with Gasteiger partial charge in [-0.25, -0.2) is 0 Å². The summed E-state index contributed by atoms with van der Waals surface area (Å²) in [5, 5.41) is 0. The van der Waals surface area contributed by atoms with Gasteiger partial charge in [0.05, 0.1) is 0 Å². The molecule has 3 heteroatoms. The third-order valence-corrected chi connectivity index (χ3v) is 4.24. The van der Waals surface area contributed by atoms with Crippen LogP contribution in [0, 0.1) is 5.92 Å². The monoisotopic (exact) mass is 255 g/mol. The molecule has 0 aromatic rings. The molecule has 0 aliphatic carbocycles. The molecule has 0 aromatic carbocycles. The summed E-state index contributed by atoms with van der Waals surface area (Å²) in [6.45, 7) is 13.1. The Morgan fingerprint density at radius 3 is 2.06 bits per heavy atom. The topological polar surface area (TPSA) is 32.5 Å². The quantitative estimate of drug-likeness (QED) is 0.685. The van der Waals surface area contributed by atoms with Gasteiger partial charge in [0.1, 0.15) is 0 Å². The molecule has 2 N–H and O–H groups in total. The van der Waals surface area contributed by atoms with Crippen molar-refractivity contribution in [1.82, 2.24) is 9.80 Å². The average molecular weight is 255 g/mol. The molecule has 1 rings (SSSR count). The minimum atomic E-state index is 0.855. The van der Waals surface area contributed by atoms with E-state index in [0.29, 0.717) is 0 Å².